The number of benzene rings is 3. The predicted octanol–water partition coefficient (Wildman–Crippen LogP) is 6.09. The fourth-order valence-electron chi connectivity index (χ4n) is 4.64. The summed E-state index contributed by atoms with van der Waals surface area (Å²) in [6.45, 7) is 0. The summed E-state index contributed by atoms with van der Waals surface area (Å²) in [7, 11) is 0. The van der Waals surface area contributed by atoms with Gasteiger partial charge in [-0.15, -0.1) is 11.8 Å². The number of carbonyl (C=O) groups is 2. The van der Waals surface area contributed by atoms with Crippen LogP contribution in [0.5, 0.6) is 0 Å². The van der Waals surface area contributed by atoms with Gasteiger partial charge in [-0.1, -0.05) is 48.5 Å². The molecular weight excluding hydrogens is 416 g/mol. The monoisotopic (exact) mass is 440 g/mol. The summed E-state index contributed by atoms with van der Waals surface area (Å²) in [5.74, 6) is -0.394. The van der Waals surface area contributed by atoms with E-state index in [1.807, 2.05) is 65.8 Å². The van der Waals surface area contributed by atoms with Crippen LogP contribution < -0.4 is 10.2 Å². The average Bonchev–Trinajstić information content (AvgIpc) is 2.99. The van der Waals surface area contributed by atoms with Gasteiger partial charge in [0.15, 0.2) is 0 Å². The predicted molar refractivity (Wildman–Crippen MR) is 130 cm³/mol. The number of nitrogens with zero attached hydrogens (tertiary/aromatic N) is 1. The van der Waals surface area contributed by atoms with Crippen LogP contribution >= 0.6 is 11.8 Å². The molecule has 0 fully saturated rings. The molecule has 0 spiro atoms. The molecule has 32 heavy (non-hydrogen) atoms. The van der Waals surface area contributed by atoms with Crippen molar-refractivity contribution in [2.45, 2.75) is 23.8 Å². The van der Waals surface area contributed by atoms with Gasteiger partial charge in [0.25, 0.3) is 5.91 Å². The van der Waals surface area contributed by atoms with E-state index < -0.39 is 12.0 Å². The van der Waals surface area contributed by atoms with Crippen LogP contribution in [0.2, 0.25) is 0 Å². The number of nitrogens with one attached hydrogen (secondary N) is 1. The summed E-state index contributed by atoms with van der Waals surface area (Å²) < 4.78 is 0. The molecule has 2 atom stereocenters. The molecule has 0 radical (unpaired) electrons. The van der Waals surface area contributed by atoms with E-state index in [1.165, 1.54) is 0 Å². The van der Waals surface area contributed by atoms with Gasteiger partial charge >= 0.3 is 0 Å². The largest absolute Gasteiger partial charge is 0.357 e. The lowest BCUT2D eigenvalue weighted by Crippen LogP contribution is -2.42. The summed E-state index contributed by atoms with van der Waals surface area (Å²) in [6.07, 6.45) is 5.35. The van der Waals surface area contributed by atoms with Gasteiger partial charge in [0.2, 0.25) is 0 Å². The lowest BCUT2D eigenvalue weighted by molar-refractivity contribution is -0.122. The van der Waals surface area contributed by atoms with E-state index in [1.54, 1.807) is 11.8 Å². The molecule has 1 aliphatic heterocycles. The van der Waals surface area contributed by atoms with E-state index in [4.69, 9.17) is 0 Å². The van der Waals surface area contributed by atoms with Crippen LogP contribution in [0.15, 0.2) is 95.5 Å². The molecule has 2 aliphatic rings. The lowest BCUT2D eigenvalue weighted by Gasteiger charge is -2.36. The van der Waals surface area contributed by atoms with Crippen molar-refractivity contribution in [3.8, 4) is 0 Å². The molecule has 0 aromatic heterocycles. The molecule has 0 saturated heterocycles. The van der Waals surface area contributed by atoms with Gasteiger partial charge in [-0.25, -0.2) is 0 Å². The number of Topliss-reactive ketones (excluding diaryl/α,β-unsaturated/α-hetero) is 1. The summed E-state index contributed by atoms with van der Waals surface area (Å²) >= 11 is 1.67. The number of carbonyl (C=O) groups excluding carboxylic acids is 2. The Kier molecular flexibility index (Phi) is 5.58. The Morgan fingerprint density at radius 3 is 2.44 bits per heavy atom. The van der Waals surface area contributed by atoms with Crippen molar-refractivity contribution >= 4 is 34.8 Å². The molecule has 0 unspecified atom stereocenters. The van der Waals surface area contributed by atoms with Gasteiger partial charge in [-0.2, -0.15) is 0 Å². The Labute approximate surface area is 192 Å². The topological polar surface area (TPSA) is 49.4 Å². The van der Waals surface area contributed by atoms with Crippen molar-refractivity contribution in [3.63, 3.8) is 0 Å². The van der Waals surface area contributed by atoms with Crippen molar-refractivity contribution in [1.82, 2.24) is 0 Å². The minimum atomic E-state index is -0.441. The summed E-state index contributed by atoms with van der Waals surface area (Å²) in [5, 5.41) is 3.49. The maximum Gasteiger partial charge on any atom is 0.258 e. The highest BCUT2D eigenvalue weighted by Crippen LogP contribution is 2.46. The Hall–Kier alpha value is -3.31. The molecule has 4 nitrogen and oxygen atoms in total. The van der Waals surface area contributed by atoms with E-state index in [-0.39, 0.29) is 11.7 Å². The Morgan fingerprint density at radius 1 is 0.969 bits per heavy atom. The van der Waals surface area contributed by atoms with E-state index in [2.05, 4.69) is 35.7 Å². The van der Waals surface area contributed by atoms with Crippen molar-refractivity contribution in [2.75, 3.05) is 16.5 Å². The maximum absolute atomic E-state index is 14.0. The van der Waals surface area contributed by atoms with E-state index >= 15 is 0 Å². The maximum atomic E-state index is 14.0. The van der Waals surface area contributed by atoms with Crippen LogP contribution in [-0.4, -0.2) is 17.9 Å². The van der Waals surface area contributed by atoms with Crippen LogP contribution in [0.4, 0.5) is 11.4 Å². The first-order valence-corrected chi connectivity index (χ1v) is 12.0. The normalized spacial score (nSPS) is 19.8. The zero-order valence-electron chi connectivity index (χ0n) is 17.8. The standard InChI is InChI=1S/C27H24N2O2S/c1-32-20-16-14-18(15-17-20)26-25-22(11-7-13-24(25)30)28-21-10-5-6-12-23(21)29(26)27(31)19-8-3-2-4-9-19/h2-6,8-12,14-17,25-26,28H,7,13H2,1H3/t25-,26-/m1/s1. The Bertz CT molecular complexity index is 1190. The Morgan fingerprint density at radius 2 is 1.69 bits per heavy atom. The van der Waals surface area contributed by atoms with Crippen molar-refractivity contribution in [3.05, 3.63) is 102 Å². The molecule has 160 valence electrons. The quantitative estimate of drug-likeness (QED) is 0.501. The summed E-state index contributed by atoms with van der Waals surface area (Å²) in [4.78, 5) is 30.3. The molecule has 1 aliphatic carbocycles. The second kappa shape index (κ2) is 8.67. The molecule has 5 rings (SSSR count). The number of allylic oxidation sites excluding steroid dienone is 1. The second-order valence-electron chi connectivity index (χ2n) is 8.04. The first-order chi connectivity index (χ1) is 15.7. The minimum absolute atomic E-state index is 0.113. The highest BCUT2D eigenvalue weighted by Gasteiger charge is 2.43. The number of rotatable bonds is 3. The highest BCUT2D eigenvalue weighted by molar-refractivity contribution is 7.98. The van der Waals surface area contributed by atoms with Crippen LogP contribution in [0.1, 0.15) is 34.8 Å². The number of para-hydroxylation sites is 2. The summed E-state index contributed by atoms with van der Waals surface area (Å²) in [6, 6.07) is 24.9. The van der Waals surface area contributed by atoms with Gasteiger partial charge in [0.1, 0.15) is 5.78 Å². The van der Waals surface area contributed by atoms with Gasteiger partial charge < -0.3 is 5.32 Å². The SMILES string of the molecule is CSc1ccc([C@@H]2[C@H]3C(=O)CCC=C3Nc3ccccc3N2C(=O)c2ccccc2)cc1. The molecule has 3 aromatic rings. The van der Waals surface area contributed by atoms with E-state index in [9.17, 15) is 9.59 Å². The van der Waals surface area contributed by atoms with E-state index in [0.29, 0.717) is 18.4 Å². The van der Waals surface area contributed by atoms with Crippen LogP contribution in [0, 0.1) is 5.92 Å². The number of fused-ring (bicyclic) bond motifs is 2. The molecule has 5 heteroatoms. The third-order valence-electron chi connectivity index (χ3n) is 6.17. The fourth-order valence-corrected chi connectivity index (χ4v) is 5.05. The molecule has 1 amide bonds. The van der Waals surface area contributed by atoms with Crippen LogP contribution in [0.3, 0.4) is 0 Å². The minimum Gasteiger partial charge on any atom is -0.357 e. The molecule has 3 aromatic carbocycles. The molecule has 0 bridgehead atoms. The smallest absolute Gasteiger partial charge is 0.258 e. The van der Waals surface area contributed by atoms with Crippen molar-refractivity contribution < 1.29 is 9.59 Å². The average molecular weight is 441 g/mol. The molecule has 0 saturated carbocycles. The zero-order valence-corrected chi connectivity index (χ0v) is 18.6. The first kappa shape index (κ1) is 20.6. The van der Waals surface area contributed by atoms with Crippen LogP contribution in [0.25, 0.3) is 0 Å². The number of amides is 1. The zero-order chi connectivity index (χ0) is 22.1. The van der Waals surface area contributed by atoms with Crippen molar-refractivity contribution in [1.29, 1.82) is 0 Å². The molecule has 1 N–H and O–H groups in total. The molecule has 1 heterocycles. The van der Waals surface area contributed by atoms with Gasteiger partial charge in [-0.3, -0.25) is 14.5 Å². The Balaban J connectivity index is 1.75. The number of thioether (sulfide) groups is 1. The third-order valence-corrected chi connectivity index (χ3v) is 6.91. The van der Waals surface area contributed by atoms with Gasteiger partial charge in [0, 0.05) is 22.6 Å². The third kappa shape index (κ3) is 3.63. The van der Waals surface area contributed by atoms with Gasteiger partial charge in [0.05, 0.1) is 23.3 Å². The van der Waals surface area contributed by atoms with Gasteiger partial charge in [-0.05, 0) is 54.6 Å². The number of ketones is 1. The number of hydrogen-bond acceptors (Lipinski definition) is 4. The fraction of sp³-hybridized carbons (Fsp3) is 0.185. The highest BCUT2D eigenvalue weighted by atomic mass is 32.2. The summed E-state index contributed by atoms with van der Waals surface area (Å²) in [5.41, 5.74) is 4.06. The molecular formula is C27H24N2O2S. The van der Waals surface area contributed by atoms with E-state index in [0.717, 1.165) is 27.5 Å². The lowest BCUT2D eigenvalue weighted by atomic mass is 9.81. The van der Waals surface area contributed by atoms with Crippen molar-refractivity contribution in [2.24, 2.45) is 5.92 Å². The second-order valence-corrected chi connectivity index (χ2v) is 8.92. The van der Waals surface area contributed by atoms with Crippen LogP contribution in [-0.2, 0) is 4.79 Å². The number of hydrogen-bond donors (Lipinski definition) is 1. The number of anilines is 2. The first-order valence-electron chi connectivity index (χ1n) is 10.8.